The van der Waals surface area contributed by atoms with Crippen molar-refractivity contribution in [2.24, 2.45) is 0 Å². The van der Waals surface area contributed by atoms with Crippen LogP contribution in [-0.2, 0) is 6.18 Å². The fraction of sp³-hybridized carbons (Fsp3) is 0.318. The molecular weight excluding hydrogens is 409 g/mol. The third-order valence-electron chi connectivity index (χ3n) is 5.55. The zero-order chi connectivity index (χ0) is 22.2. The molecule has 0 aliphatic carbocycles. The van der Waals surface area contributed by atoms with E-state index in [4.69, 9.17) is 4.74 Å². The summed E-state index contributed by atoms with van der Waals surface area (Å²) in [5.41, 5.74) is 1.12. The number of alkyl halides is 3. The normalized spacial score (nSPS) is 16.5. The number of nitrogens with zero attached hydrogens (tertiary/aromatic N) is 4. The number of likely N-dealkylation sites (tertiary alicyclic amines) is 1. The van der Waals surface area contributed by atoms with E-state index in [0.717, 1.165) is 36.4 Å². The van der Waals surface area contributed by atoms with E-state index >= 15 is 0 Å². The summed E-state index contributed by atoms with van der Waals surface area (Å²) in [6, 6.07) is 9.80. The van der Waals surface area contributed by atoms with Crippen molar-refractivity contribution in [3.05, 3.63) is 71.2 Å². The van der Waals surface area contributed by atoms with E-state index in [9.17, 15) is 18.0 Å². The van der Waals surface area contributed by atoms with Crippen molar-refractivity contribution in [2.45, 2.75) is 32.0 Å². The molecule has 0 saturated carbocycles. The Labute approximate surface area is 177 Å². The second-order valence-electron chi connectivity index (χ2n) is 7.39. The van der Waals surface area contributed by atoms with E-state index < -0.39 is 11.7 Å². The molecule has 3 aromatic rings. The van der Waals surface area contributed by atoms with Gasteiger partial charge in [0, 0.05) is 12.7 Å². The van der Waals surface area contributed by atoms with Crippen LogP contribution < -0.4 is 4.74 Å². The van der Waals surface area contributed by atoms with Crippen molar-refractivity contribution < 1.29 is 22.7 Å². The van der Waals surface area contributed by atoms with Crippen molar-refractivity contribution in [1.82, 2.24) is 19.7 Å². The second kappa shape index (κ2) is 8.05. The highest BCUT2D eigenvalue weighted by Crippen LogP contribution is 2.34. The minimum atomic E-state index is -4.46. The van der Waals surface area contributed by atoms with E-state index in [1.165, 1.54) is 16.9 Å². The van der Waals surface area contributed by atoms with Crippen LogP contribution in [0.15, 0.2) is 48.8 Å². The number of benzene rings is 1. The average Bonchev–Trinajstić information content (AvgIpc) is 3.40. The SMILES string of the molecule is COc1ccc([C@@H]2CCCN2C(=O)c2cnn(-c3ccc(C(F)(F)F)cn3)c2C)cc1. The van der Waals surface area contributed by atoms with Crippen molar-refractivity contribution in [3.63, 3.8) is 0 Å². The number of carbonyl (C=O) groups is 1. The number of rotatable bonds is 4. The van der Waals surface area contributed by atoms with Crippen LogP contribution in [0.4, 0.5) is 13.2 Å². The zero-order valence-electron chi connectivity index (χ0n) is 17.1. The van der Waals surface area contributed by atoms with Gasteiger partial charge in [-0.1, -0.05) is 12.1 Å². The van der Waals surface area contributed by atoms with Gasteiger partial charge in [0.25, 0.3) is 5.91 Å². The third kappa shape index (κ3) is 3.99. The van der Waals surface area contributed by atoms with Gasteiger partial charge in [-0.15, -0.1) is 0 Å². The van der Waals surface area contributed by atoms with Gasteiger partial charge in [-0.2, -0.15) is 18.3 Å². The Hall–Kier alpha value is -3.36. The first-order chi connectivity index (χ1) is 14.8. The third-order valence-corrected chi connectivity index (χ3v) is 5.55. The lowest BCUT2D eigenvalue weighted by Gasteiger charge is -2.25. The van der Waals surface area contributed by atoms with Crippen LogP contribution in [0.25, 0.3) is 5.82 Å². The molecule has 31 heavy (non-hydrogen) atoms. The molecule has 2 aromatic heterocycles. The molecule has 0 bridgehead atoms. The van der Waals surface area contributed by atoms with Crippen molar-refractivity contribution in [1.29, 1.82) is 0 Å². The lowest BCUT2D eigenvalue weighted by Crippen LogP contribution is -2.30. The summed E-state index contributed by atoms with van der Waals surface area (Å²) >= 11 is 0. The number of aromatic nitrogens is 3. The van der Waals surface area contributed by atoms with E-state index in [-0.39, 0.29) is 17.8 Å². The van der Waals surface area contributed by atoms with Gasteiger partial charge in [0.15, 0.2) is 5.82 Å². The van der Waals surface area contributed by atoms with Gasteiger partial charge >= 0.3 is 6.18 Å². The molecule has 0 unspecified atom stereocenters. The number of halogens is 3. The highest BCUT2D eigenvalue weighted by Gasteiger charge is 2.33. The lowest BCUT2D eigenvalue weighted by molar-refractivity contribution is -0.137. The molecule has 0 spiro atoms. The monoisotopic (exact) mass is 430 g/mol. The number of hydrogen-bond donors (Lipinski definition) is 0. The van der Waals surface area contributed by atoms with Gasteiger partial charge in [-0.3, -0.25) is 4.79 Å². The Bertz CT molecular complexity index is 1080. The Morgan fingerprint density at radius 1 is 1.13 bits per heavy atom. The van der Waals surface area contributed by atoms with E-state index in [0.29, 0.717) is 17.8 Å². The Kier molecular flexibility index (Phi) is 5.43. The largest absolute Gasteiger partial charge is 0.497 e. The second-order valence-corrected chi connectivity index (χ2v) is 7.39. The molecular formula is C22H21F3N4O2. The van der Waals surface area contributed by atoms with Crippen LogP contribution in [0.1, 0.15) is 46.1 Å². The van der Waals surface area contributed by atoms with Gasteiger partial charge in [0.2, 0.25) is 0 Å². The zero-order valence-corrected chi connectivity index (χ0v) is 17.1. The average molecular weight is 430 g/mol. The number of methoxy groups -OCH3 is 1. The van der Waals surface area contributed by atoms with Crippen LogP contribution in [0, 0.1) is 6.92 Å². The van der Waals surface area contributed by atoms with Crippen molar-refractivity contribution in [3.8, 4) is 11.6 Å². The fourth-order valence-corrected chi connectivity index (χ4v) is 3.87. The quantitative estimate of drug-likeness (QED) is 0.608. The molecule has 4 rings (SSSR count). The van der Waals surface area contributed by atoms with Gasteiger partial charge < -0.3 is 9.64 Å². The number of hydrogen-bond acceptors (Lipinski definition) is 4. The van der Waals surface area contributed by atoms with E-state index in [1.807, 2.05) is 29.2 Å². The summed E-state index contributed by atoms with van der Waals surface area (Å²) in [5.74, 6) is 0.812. The molecule has 3 heterocycles. The first-order valence-corrected chi connectivity index (χ1v) is 9.83. The molecule has 162 valence electrons. The molecule has 1 saturated heterocycles. The van der Waals surface area contributed by atoms with Crippen LogP contribution >= 0.6 is 0 Å². The molecule has 0 radical (unpaired) electrons. The molecule has 6 nitrogen and oxygen atoms in total. The Morgan fingerprint density at radius 2 is 1.87 bits per heavy atom. The Morgan fingerprint density at radius 3 is 2.48 bits per heavy atom. The minimum absolute atomic E-state index is 0.0506. The standard InChI is InChI=1S/C22H21F3N4O2/c1-14-18(13-27-29(14)20-10-7-16(12-26-20)22(23,24)25)21(30)28-11-3-4-19(28)15-5-8-17(31-2)9-6-15/h5-10,12-13,19H,3-4,11H2,1-2H3/t19-/m0/s1. The maximum Gasteiger partial charge on any atom is 0.417 e. The summed E-state index contributed by atoms with van der Waals surface area (Å²) in [6.07, 6.45) is -0.515. The summed E-state index contributed by atoms with van der Waals surface area (Å²) in [7, 11) is 1.60. The smallest absolute Gasteiger partial charge is 0.417 e. The maximum atomic E-state index is 13.3. The van der Waals surface area contributed by atoms with Crippen LogP contribution in [-0.4, -0.2) is 39.2 Å². The molecule has 0 N–H and O–H groups in total. The van der Waals surface area contributed by atoms with Crippen LogP contribution in [0.2, 0.25) is 0 Å². The highest BCUT2D eigenvalue weighted by molar-refractivity contribution is 5.95. The molecule has 1 aliphatic heterocycles. The van der Waals surface area contributed by atoms with Gasteiger partial charge in [0.05, 0.1) is 36.2 Å². The van der Waals surface area contributed by atoms with Crippen molar-refractivity contribution >= 4 is 5.91 Å². The summed E-state index contributed by atoms with van der Waals surface area (Å²) in [5, 5.41) is 4.20. The van der Waals surface area contributed by atoms with Crippen molar-refractivity contribution in [2.75, 3.05) is 13.7 Å². The minimum Gasteiger partial charge on any atom is -0.497 e. The van der Waals surface area contributed by atoms with Gasteiger partial charge in [0.1, 0.15) is 5.75 Å². The number of pyridine rings is 1. The fourth-order valence-electron chi connectivity index (χ4n) is 3.87. The predicted molar refractivity (Wildman–Crippen MR) is 107 cm³/mol. The van der Waals surface area contributed by atoms with Crippen LogP contribution in [0.5, 0.6) is 5.75 Å². The summed E-state index contributed by atoms with van der Waals surface area (Å²) < 4.78 is 44.9. The topological polar surface area (TPSA) is 60.2 Å². The predicted octanol–water partition coefficient (Wildman–Crippen LogP) is 4.58. The van der Waals surface area contributed by atoms with Gasteiger partial charge in [-0.25, -0.2) is 9.67 Å². The lowest BCUT2D eigenvalue weighted by atomic mass is 10.0. The molecule has 1 amide bonds. The molecule has 1 fully saturated rings. The first-order valence-electron chi connectivity index (χ1n) is 9.83. The van der Waals surface area contributed by atoms with E-state index in [2.05, 4.69) is 10.1 Å². The number of carbonyl (C=O) groups excluding carboxylic acids is 1. The van der Waals surface area contributed by atoms with E-state index in [1.54, 1.807) is 14.0 Å². The highest BCUT2D eigenvalue weighted by atomic mass is 19.4. The maximum absolute atomic E-state index is 13.3. The summed E-state index contributed by atoms with van der Waals surface area (Å²) in [6.45, 7) is 2.33. The molecule has 1 atom stereocenters. The molecule has 1 aliphatic rings. The molecule has 1 aromatic carbocycles. The number of amides is 1. The Balaban J connectivity index is 1.58. The first kappa shape index (κ1) is 20.9. The van der Waals surface area contributed by atoms with Gasteiger partial charge in [-0.05, 0) is 49.6 Å². The summed E-state index contributed by atoms with van der Waals surface area (Å²) in [4.78, 5) is 19.0. The molecule has 9 heteroatoms. The number of ether oxygens (including phenoxy) is 1. The van der Waals surface area contributed by atoms with Crippen LogP contribution in [0.3, 0.4) is 0 Å².